The van der Waals surface area contributed by atoms with Crippen LogP contribution in [0.1, 0.15) is 23.5 Å². The fourth-order valence-corrected chi connectivity index (χ4v) is 2.59. The quantitative estimate of drug-likeness (QED) is 0.932. The Morgan fingerprint density at radius 3 is 2.74 bits per heavy atom. The fraction of sp³-hybridized carbons (Fsp3) is 0.214. The zero-order valence-corrected chi connectivity index (χ0v) is 11.2. The molecule has 2 aromatic rings. The van der Waals surface area contributed by atoms with E-state index in [-0.39, 0.29) is 17.4 Å². The Bertz CT molecular complexity index is 590. The third-order valence-corrected chi connectivity index (χ3v) is 3.58. The molecule has 19 heavy (non-hydrogen) atoms. The van der Waals surface area contributed by atoms with Crippen LogP contribution < -0.4 is 10.5 Å². The number of rotatable bonds is 4. The monoisotopic (exact) mass is 276 g/mol. The number of hydrogen-bond acceptors (Lipinski definition) is 4. The molecular formula is C14H13FN2OS. The number of ether oxygens (including phenoxy) is 1. The lowest BCUT2D eigenvalue weighted by molar-refractivity contribution is 0.183. The lowest BCUT2D eigenvalue weighted by Crippen LogP contribution is -2.28. The van der Waals surface area contributed by atoms with Crippen LogP contribution in [0.25, 0.3) is 0 Å². The number of benzene rings is 1. The van der Waals surface area contributed by atoms with Gasteiger partial charge in [0.1, 0.15) is 29.3 Å². The molecule has 0 spiro atoms. The minimum atomic E-state index is -0.588. The van der Waals surface area contributed by atoms with Crippen molar-refractivity contribution in [1.29, 1.82) is 5.26 Å². The molecule has 2 atom stereocenters. The smallest absolute Gasteiger partial charge is 0.148 e. The van der Waals surface area contributed by atoms with Gasteiger partial charge in [0.2, 0.25) is 0 Å². The van der Waals surface area contributed by atoms with Crippen molar-refractivity contribution in [3.8, 4) is 11.8 Å². The Kier molecular flexibility index (Phi) is 4.15. The van der Waals surface area contributed by atoms with Crippen molar-refractivity contribution in [2.24, 2.45) is 5.73 Å². The second-order valence-electron chi connectivity index (χ2n) is 4.14. The van der Waals surface area contributed by atoms with Gasteiger partial charge in [-0.15, -0.1) is 11.3 Å². The molecule has 0 aliphatic carbocycles. The lowest BCUT2D eigenvalue weighted by atomic mass is 10.1. The number of nitriles is 1. The van der Waals surface area contributed by atoms with Crippen molar-refractivity contribution in [3.05, 3.63) is 52.0 Å². The standard InChI is InChI=1S/C14H13FN2OS/c1-9(17)14(13-6-3-7-19-13)18-12-5-2-4-11(15)10(12)8-16/h2-7,9,14H,17H2,1H3. The van der Waals surface area contributed by atoms with Crippen LogP contribution in [0.3, 0.4) is 0 Å². The van der Waals surface area contributed by atoms with E-state index in [1.165, 1.54) is 23.5 Å². The third kappa shape index (κ3) is 2.92. The summed E-state index contributed by atoms with van der Waals surface area (Å²) in [6.07, 6.45) is -0.395. The van der Waals surface area contributed by atoms with E-state index < -0.39 is 11.9 Å². The van der Waals surface area contributed by atoms with Crippen LogP contribution >= 0.6 is 11.3 Å². The zero-order valence-electron chi connectivity index (χ0n) is 10.3. The van der Waals surface area contributed by atoms with Gasteiger partial charge in [-0.2, -0.15) is 5.26 Å². The largest absolute Gasteiger partial charge is 0.482 e. The van der Waals surface area contributed by atoms with E-state index in [0.717, 1.165) is 4.88 Å². The van der Waals surface area contributed by atoms with Gasteiger partial charge < -0.3 is 10.5 Å². The van der Waals surface area contributed by atoms with Gasteiger partial charge in [0.05, 0.1) is 0 Å². The summed E-state index contributed by atoms with van der Waals surface area (Å²) < 4.78 is 19.3. The molecule has 0 radical (unpaired) electrons. The molecule has 2 unspecified atom stereocenters. The molecule has 1 heterocycles. The van der Waals surface area contributed by atoms with Gasteiger partial charge in [-0.1, -0.05) is 12.1 Å². The molecular weight excluding hydrogens is 263 g/mol. The third-order valence-electron chi connectivity index (χ3n) is 2.64. The normalized spacial score (nSPS) is 13.6. The fourth-order valence-electron chi connectivity index (χ4n) is 1.73. The molecule has 98 valence electrons. The molecule has 2 rings (SSSR count). The summed E-state index contributed by atoms with van der Waals surface area (Å²) in [5.41, 5.74) is 5.82. The Balaban J connectivity index is 2.34. The molecule has 5 heteroatoms. The SMILES string of the molecule is CC(N)C(Oc1cccc(F)c1C#N)c1cccs1. The lowest BCUT2D eigenvalue weighted by Gasteiger charge is -2.22. The average Bonchev–Trinajstić information content (AvgIpc) is 2.89. The van der Waals surface area contributed by atoms with Crippen LogP contribution in [0.2, 0.25) is 0 Å². The summed E-state index contributed by atoms with van der Waals surface area (Å²) in [6, 6.07) is 9.67. The minimum absolute atomic E-state index is 0.0929. The highest BCUT2D eigenvalue weighted by Crippen LogP contribution is 2.30. The first-order valence-electron chi connectivity index (χ1n) is 5.77. The van der Waals surface area contributed by atoms with Crippen molar-refractivity contribution < 1.29 is 9.13 Å². The Morgan fingerprint density at radius 2 is 2.16 bits per heavy atom. The number of halogens is 1. The Morgan fingerprint density at radius 1 is 1.37 bits per heavy atom. The van der Waals surface area contributed by atoms with E-state index in [2.05, 4.69) is 0 Å². The number of hydrogen-bond donors (Lipinski definition) is 1. The second-order valence-corrected chi connectivity index (χ2v) is 5.12. The molecule has 1 aromatic heterocycles. The van der Waals surface area contributed by atoms with Crippen LogP contribution in [-0.2, 0) is 0 Å². The van der Waals surface area contributed by atoms with Crippen molar-refractivity contribution >= 4 is 11.3 Å². The van der Waals surface area contributed by atoms with Gasteiger partial charge >= 0.3 is 0 Å². The maximum Gasteiger partial charge on any atom is 0.148 e. The second kappa shape index (κ2) is 5.83. The maximum atomic E-state index is 13.5. The summed E-state index contributed by atoms with van der Waals surface area (Å²) >= 11 is 1.51. The van der Waals surface area contributed by atoms with Crippen LogP contribution in [0.5, 0.6) is 5.75 Å². The molecule has 0 bridgehead atoms. The summed E-state index contributed by atoms with van der Waals surface area (Å²) in [5.74, 6) is -0.368. The van der Waals surface area contributed by atoms with Gasteiger partial charge in [0, 0.05) is 10.9 Å². The van der Waals surface area contributed by atoms with E-state index >= 15 is 0 Å². The highest BCUT2D eigenvalue weighted by Gasteiger charge is 2.21. The molecule has 1 aromatic carbocycles. The molecule has 0 saturated carbocycles. The minimum Gasteiger partial charge on any atom is -0.482 e. The average molecular weight is 276 g/mol. The zero-order chi connectivity index (χ0) is 13.8. The molecule has 3 nitrogen and oxygen atoms in total. The van der Waals surface area contributed by atoms with Crippen molar-refractivity contribution in [3.63, 3.8) is 0 Å². The molecule has 0 fully saturated rings. The van der Waals surface area contributed by atoms with Gasteiger partial charge in [-0.25, -0.2) is 4.39 Å². The number of nitrogens with two attached hydrogens (primary N) is 1. The Labute approximate surface area is 115 Å². The van der Waals surface area contributed by atoms with E-state index in [0.29, 0.717) is 0 Å². The van der Waals surface area contributed by atoms with E-state index in [4.69, 9.17) is 15.7 Å². The summed E-state index contributed by atoms with van der Waals surface area (Å²) in [5, 5.41) is 10.9. The molecule has 0 saturated heterocycles. The van der Waals surface area contributed by atoms with Crippen molar-refractivity contribution in [2.45, 2.75) is 19.1 Å². The van der Waals surface area contributed by atoms with Crippen molar-refractivity contribution in [1.82, 2.24) is 0 Å². The summed E-state index contributed by atoms with van der Waals surface area (Å²) in [7, 11) is 0. The van der Waals surface area contributed by atoms with E-state index in [9.17, 15) is 4.39 Å². The van der Waals surface area contributed by atoms with Crippen LogP contribution in [0, 0.1) is 17.1 Å². The highest BCUT2D eigenvalue weighted by molar-refractivity contribution is 7.10. The van der Waals surface area contributed by atoms with Gasteiger partial charge in [0.15, 0.2) is 0 Å². The summed E-state index contributed by atoms with van der Waals surface area (Å²) in [6.45, 7) is 1.82. The predicted molar refractivity (Wildman–Crippen MR) is 72.5 cm³/mol. The van der Waals surface area contributed by atoms with Crippen LogP contribution in [0.15, 0.2) is 35.7 Å². The summed E-state index contributed by atoms with van der Waals surface area (Å²) in [4.78, 5) is 0.947. The molecule has 0 amide bonds. The van der Waals surface area contributed by atoms with Gasteiger partial charge in [-0.3, -0.25) is 0 Å². The molecule has 2 N–H and O–H groups in total. The molecule has 0 aliphatic heterocycles. The Hall–Kier alpha value is -1.90. The predicted octanol–water partition coefficient (Wildman–Crippen LogP) is 3.23. The van der Waals surface area contributed by atoms with Gasteiger partial charge in [-0.05, 0) is 30.5 Å². The first-order chi connectivity index (χ1) is 9.13. The first-order valence-corrected chi connectivity index (χ1v) is 6.65. The van der Waals surface area contributed by atoms with E-state index in [1.54, 1.807) is 6.07 Å². The molecule has 0 aliphatic rings. The topological polar surface area (TPSA) is 59.0 Å². The maximum absolute atomic E-state index is 13.5. The van der Waals surface area contributed by atoms with Crippen LogP contribution in [0.4, 0.5) is 4.39 Å². The van der Waals surface area contributed by atoms with Crippen LogP contribution in [-0.4, -0.2) is 6.04 Å². The van der Waals surface area contributed by atoms with E-state index in [1.807, 2.05) is 30.5 Å². The van der Waals surface area contributed by atoms with Crippen molar-refractivity contribution in [2.75, 3.05) is 0 Å². The highest BCUT2D eigenvalue weighted by atomic mass is 32.1. The van der Waals surface area contributed by atoms with Gasteiger partial charge in [0.25, 0.3) is 0 Å². The number of thiophene rings is 1. The number of nitrogens with zero attached hydrogens (tertiary/aromatic N) is 1. The first kappa shape index (κ1) is 13.5.